The lowest BCUT2D eigenvalue weighted by molar-refractivity contribution is 0.218. The Morgan fingerprint density at radius 3 is 2.81 bits per heavy atom. The van der Waals surface area contributed by atoms with Crippen LogP contribution in [0.4, 0.5) is 4.39 Å². The molecule has 0 aliphatic rings. The Hall–Kier alpha value is -1.39. The fourth-order valence-electron chi connectivity index (χ4n) is 1.52. The topological polar surface area (TPSA) is 29.5 Å². The van der Waals surface area contributed by atoms with Crippen molar-refractivity contribution in [3.63, 3.8) is 0 Å². The van der Waals surface area contributed by atoms with Crippen molar-refractivity contribution in [1.82, 2.24) is 0 Å². The minimum Gasteiger partial charge on any atom is -0.496 e. The van der Waals surface area contributed by atoms with Crippen LogP contribution in [0.1, 0.15) is 16.5 Å². The molecule has 16 heavy (non-hydrogen) atoms. The number of benzene rings is 1. The number of aliphatic hydroxyl groups is 1. The predicted molar refractivity (Wildman–Crippen MR) is 61.3 cm³/mol. The monoisotopic (exact) mass is 238 g/mol. The Morgan fingerprint density at radius 2 is 2.19 bits per heavy atom. The summed E-state index contributed by atoms with van der Waals surface area (Å²) in [5.41, 5.74) is 0.449. The maximum Gasteiger partial charge on any atom is 0.125 e. The van der Waals surface area contributed by atoms with Crippen LogP contribution in [-0.2, 0) is 0 Å². The van der Waals surface area contributed by atoms with E-state index >= 15 is 0 Å². The second-order valence-corrected chi connectivity index (χ2v) is 4.28. The van der Waals surface area contributed by atoms with Crippen molar-refractivity contribution in [3.05, 3.63) is 52.0 Å². The Balaban J connectivity index is 2.42. The van der Waals surface area contributed by atoms with Crippen LogP contribution in [0.2, 0.25) is 0 Å². The molecule has 0 aliphatic heterocycles. The van der Waals surface area contributed by atoms with Crippen LogP contribution in [0.5, 0.6) is 5.75 Å². The molecule has 1 aromatic carbocycles. The van der Waals surface area contributed by atoms with Crippen molar-refractivity contribution >= 4 is 11.3 Å². The number of methoxy groups -OCH3 is 1. The third kappa shape index (κ3) is 2.08. The zero-order valence-corrected chi connectivity index (χ0v) is 9.50. The molecule has 2 rings (SSSR count). The minimum absolute atomic E-state index is 0.383. The van der Waals surface area contributed by atoms with Gasteiger partial charge in [-0.25, -0.2) is 4.39 Å². The van der Waals surface area contributed by atoms with Gasteiger partial charge in [-0.15, -0.1) is 11.3 Å². The number of thiophene rings is 1. The molecule has 0 spiro atoms. The first-order valence-electron chi connectivity index (χ1n) is 4.77. The SMILES string of the molecule is COc1ccc(F)cc1[C@@H](O)c1cccs1. The summed E-state index contributed by atoms with van der Waals surface area (Å²) >= 11 is 1.42. The van der Waals surface area contributed by atoms with Gasteiger partial charge in [0.1, 0.15) is 17.7 Å². The molecule has 2 nitrogen and oxygen atoms in total. The zero-order valence-electron chi connectivity index (χ0n) is 8.68. The summed E-state index contributed by atoms with van der Waals surface area (Å²) in [6.07, 6.45) is -0.842. The molecular formula is C12H11FO2S. The van der Waals surface area contributed by atoms with Gasteiger partial charge >= 0.3 is 0 Å². The van der Waals surface area contributed by atoms with Gasteiger partial charge in [0.05, 0.1) is 7.11 Å². The van der Waals surface area contributed by atoms with Crippen molar-refractivity contribution in [2.75, 3.05) is 7.11 Å². The lowest BCUT2D eigenvalue weighted by atomic mass is 10.1. The normalized spacial score (nSPS) is 12.4. The second-order valence-electron chi connectivity index (χ2n) is 3.30. The molecule has 1 heterocycles. The molecule has 4 heteroatoms. The van der Waals surface area contributed by atoms with Crippen LogP contribution in [0.25, 0.3) is 0 Å². The van der Waals surface area contributed by atoms with Gasteiger partial charge in [0.15, 0.2) is 0 Å². The summed E-state index contributed by atoms with van der Waals surface area (Å²) in [5, 5.41) is 11.9. The maximum atomic E-state index is 13.1. The molecule has 2 aromatic rings. The van der Waals surface area contributed by atoms with E-state index in [0.717, 1.165) is 4.88 Å². The van der Waals surface area contributed by atoms with E-state index in [0.29, 0.717) is 11.3 Å². The van der Waals surface area contributed by atoms with E-state index in [9.17, 15) is 9.50 Å². The van der Waals surface area contributed by atoms with Crippen LogP contribution in [-0.4, -0.2) is 12.2 Å². The lowest BCUT2D eigenvalue weighted by Crippen LogP contribution is -2.01. The van der Waals surface area contributed by atoms with Crippen LogP contribution in [0.3, 0.4) is 0 Å². The second kappa shape index (κ2) is 4.63. The number of rotatable bonds is 3. The van der Waals surface area contributed by atoms with Crippen molar-refractivity contribution in [1.29, 1.82) is 0 Å². The van der Waals surface area contributed by atoms with Gasteiger partial charge in [-0.05, 0) is 29.6 Å². The molecule has 1 N–H and O–H groups in total. The lowest BCUT2D eigenvalue weighted by Gasteiger charge is -2.13. The highest BCUT2D eigenvalue weighted by Crippen LogP contribution is 2.32. The smallest absolute Gasteiger partial charge is 0.125 e. The number of ether oxygens (including phenoxy) is 1. The van der Waals surface area contributed by atoms with Gasteiger partial charge in [0.2, 0.25) is 0 Å². The first-order valence-corrected chi connectivity index (χ1v) is 5.65. The number of halogens is 1. The molecule has 1 aromatic heterocycles. The van der Waals surface area contributed by atoms with E-state index < -0.39 is 6.10 Å². The summed E-state index contributed by atoms with van der Waals surface area (Å²) in [7, 11) is 1.50. The van der Waals surface area contributed by atoms with Crippen LogP contribution in [0.15, 0.2) is 35.7 Å². The summed E-state index contributed by atoms with van der Waals surface area (Å²) in [6, 6.07) is 7.77. The first-order chi connectivity index (χ1) is 7.72. The molecule has 0 saturated carbocycles. The molecule has 0 fully saturated rings. The van der Waals surface area contributed by atoms with Gasteiger partial charge in [-0.1, -0.05) is 6.07 Å². The number of hydrogen-bond donors (Lipinski definition) is 1. The molecular weight excluding hydrogens is 227 g/mol. The van der Waals surface area contributed by atoms with E-state index in [1.807, 2.05) is 11.4 Å². The Kier molecular flexibility index (Phi) is 3.22. The summed E-state index contributed by atoms with van der Waals surface area (Å²) in [5.74, 6) is 0.105. The Bertz CT molecular complexity index is 468. The molecule has 0 bridgehead atoms. The van der Waals surface area contributed by atoms with Gasteiger partial charge in [0.25, 0.3) is 0 Å². The molecule has 84 valence electrons. The van der Waals surface area contributed by atoms with E-state index in [4.69, 9.17) is 4.74 Å². The average molecular weight is 238 g/mol. The van der Waals surface area contributed by atoms with Crippen molar-refractivity contribution < 1.29 is 14.2 Å². The third-order valence-electron chi connectivity index (χ3n) is 2.30. The van der Waals surface area contributed by atoms with Crippen LogP contribution < -0.4 is 4.74 Å². The predicted octanol–water partition coefficient (Wildman–Crippen LogP) is 2.98. The Morgan fingerprint density at radius 1 is 1.38 bits per heavy atom. The summed E-state index contributed by atoms with van der Waals surface area (Å²) in [6.45, 7) is 0. The van der Waals surface area contributed by atoms with E-state index in [1.165, 1.54) is 36.6 Å². The summed E-state index contributed by atoms with van der Waals surface area (Å²) in [4.78, 5) is 0.768. The van der Waals surface area contributed by atoms with Gasteiger partial charge < -0.3 is 9.84 Å². The highest BCUT2D eigenvalue weighted by Gasteiger charge is 2.16. The fourth-order valence-corrected chi connectivity index (χ4v) is 2.25. The maximum absolute atomic E-state index is 13.1. The molecule has 0 saturated heterocycles. The third-order valence-corrected chi connectivity index (χ3v) is 3.22. The quantitative estimate of drug-likeness (QED) is 0.890. The average Bonchev–Trinajstić information content (AvgIpc) is 2.81. The molecule has 0 unspecified atom stereocenters. The molecule has 0 radical (unpaired) electrons. The van der Waals surface area contributed by atoms with Crippen molar-refractivity contribution in [3.8, 4) is 5.75 Å². The zero-order chi connectivity index (χ0) is 11.5. The highest BCUT2D eigenvalue weighted by atomic mass is 32.1. The first kappa shape index (κ1) is 11.1. The summed E-state index contributed by atoms with van der Waals surface area (Å²) < 4.78 is 18.2. The van der Waals surface area contributed by atoms with E-state index in [-0.39, 0.29) is 5.82 Å². The fraction of sp³-hybridized carbons (Fsp3) is 0.167. The highest BCUT2D eigenvalue weighted by molar-refractivity contribution is 7.10. The van der Waals surface area contributed by atoms with E-state index in [1.54, 1.807) is 6.07 Å². The van der Waals surface area contributed by atoms with Crippen molar-refractivity contribution in [2.45, 2.75) is 6.10 Å². The van der Waals surface area contributed by atoms with Gasteiger partial charge in [0, 0.05) is 10.4 Å². The molecule has 0 amide bonds. The number of aliphatic hydroxyl groups excluding tert-OH is 1. The standard InChI is InChI=1S/C12H11FO2S/c1-15-10-5-4-8(13)7-9(10)12(14)11-3-2-6-16-11/h2-7,12,14H,1H3/t12-/m1/s1. The molecule has 0 aliphatic carbocycles. The Labute approximate surface area is 96.9 Å². The van der Waals surface area contributed by atoms with E-state index in [2.05, 4.69) is 0 Å². The largest absolute Gasteiger partial charge is 0.496 e. The van der Waals surface area contributed by atoms with Crippen LogP contribution >= 0.6 is 11.3 Å². The minimum atomic E-state index is -0.842. The van der Waals surface area contributed by atoms with Crippen LogP contribution in [0, 0.1) is 5.82 Å². The number of hydrogen-bond acceptors (Lipinski definition) is 3. The van der Waals surface area contributed by atoms with Gasteiger partial charge in [-0.3, -0.25) is 0 Å². The van der Waals surface area contributed by atoms with Gasteiger partial charge in [-0.2, -0.15) is 0 Å². The van der Waals surface area contributed by atoms with Crippen molar-refractivity contribution in [2.24, 2.45) is 0 Å². The molecule has 1 atom stereocenters.